The van der Waals surface area contributed by atoms with Crippen molar-refractivity contribution in [2.45, 2.75) is 61.6 Å². The van der Waals surface area contributed by atoms with Crippen LogP contribution >= 0.6 is 0 Å². The summed E-state index contributed by atoms with van der Waals surface area (Å²) >= 11 is 0. The van der Waals surface area contributed by atoms with E-state index in [2.05, 4.69) is 12.1 Å². The Labute approximate surface area is 427 Å². The van der Waals surface area contributed by atoms with Gasteiger partial charge in [-0.1, -0.05) is 146 Å². The minimum absolute atomic E-state index is 0.0480. The van der Waals surface area contributed by atoms with Gasteiger partial charge < -0.3 is 39.8 Å². The van der Waals surface area contributed by atoms with Crippen molar-refractivity contribution in [2.24, 2.45) is 11.1 Å². The van der Waals surface area contributed by atoms with E-state index >= 15 is 4.79 Å². The van der Waals surface area contributed by atoms with Crippen molar-refractivity contribution in [3.05, 3.63) is 215 Å². The highest BCUT2D eigenvalue weighted by Gasteiger charge is 2.53. The normalized spacial score (nSPS) is 15.6. The second-order valence-corrected chi connectivity index (χ2v) is 19.6. The van der Waals surface area contributed by atoms with Crippen LogP contribution in [0, 0.1) is 5.41 Å². The highest BCUT2D eigenvalue weighted by Crippen LogP contribution is 2.47. The van der Waals surface area contributed by atoms with Crippen molar-refractivity contribution >= 4 is 33.4 Å². The van der Waals surface area contributed by atoms with E-state index in [-0.39, 0.29) is 38.8 Å². The van der Waals surface area contributed by atoms with E-state index in [0.717, 1.165) is 54.9 Å². The molecule has 0 spiro atoms. The lowest BCUT2D eigenvalue weighted by Crippen LogP contribution is -2.61. The van der Waals surface area contributed by atoms with Crippen molar-refractivity contribution < 1.29 is 38.7 Å². The van der Waals surface area contributed by atoms with Gasteiger partial charge in [-0.05, 0) is 116 Å². The van der Waals surface area contributed by atoms with Gasteiger partial charge in [-0.2, -0.15) is 0 Å². The largest absolute Gasteiger partial charge is 0.497 e. The minimum Gasteiger partial charge on any atom is -0.497 e. The second kappa shape index (κ2) is 21.6. The summed E-state index contributed by atoms with van der Waals surface area (Å²) in [6.45, 7) is -0.634. The molecule has 4 atom stereocenters. The topological polar surface area (TPSA) is 141 Å². The Kier molecular flexibility index (Phi) is 14.9. The zero-order valence-electron chi connectivity index (χ0n) is 42.0. The number of fused-ring (bicyclic) bond motifs is 2. The summed E-state index contributed by atoms with van der Waals surface area (Å²) in [5.74, 6) is -0.257. The molecular formula is C63H64N2O8. The molecule has 73 heavy (non-hydrogen) atoms. The van der Waals surface area contributed by atoms with Gasteiger partial charge in [0.25, 0.3) is 0 Å². The number of primary amides is 1. The van der Waals surface area contributed by atoms with Gasteiger partial charge in [0.2, 0.25) is 11.8 Å². The first kappa shape index (κ1) is 50.3. The number of ether oxygens (including phenoxy) is 4. The van der Waals surface area contributed by atoms with Crippen LogP contribution in [0.1, 0.15) is 70.9 Å². The van der Waals surface area contributed by atoms with E-state index in [0.29, 0.717) is 35.8 Å². The SMILES string of the molecule is COc1ccc(CC(O)(CN(CC(O)(Cc2ccc(OC)cc2)C(c2ccc(OC)cc2)c2cccc3ccccc23)C(=O)C2(C(N)=O)CCCC2)C(c2ccc(OC)cc2)c2cccc3ccccc23)cc1. The molecule has 8 aromatic rings. The third-order valence-electron chi connectivity index (χ3n) is 15.1. The van der Waals surface area contributed by atoms with Gasteiger partial charge in [0, 0.05) is 24.7 Å². The number of nitrogens with zero attached hydrogens (tertiary/aromatic N) is 1. The van der Waals surface area contributed by atoms with Crippen LogP contribution in [-0.2, 0) is 22.4 Å². The van der Waals surface area contributed by atoms with Crippen LogP contribution in [0.15, 0.2) is 182 Å². The number of rotatable bonds is 20. The summed E-state index contributed by atoms with van der Waals surface area (Å²) in [7, 11) is 6.44. The van der Waals surface area contributed by atoms with Crippen molar-refractivity contribution in [1.29, 1.82) is 0 Å². The van der Waals surface area contributed by atoms with Gasteiger partial charge in [0.1, 0.15) is 28.4 Å². The minimum atomic E-state index is -1.84. The zero-order chi connectivity index (χ0) is 51.2. The van der Waals surface area contributed by atoms with Crippen LogP contribution in [0.25, 0.3) is 21.5 Å². The molecule has 1 aliphatic rings. The van der Waals surface area contributed by atoms with Crippen molar-refractivity contribution in [2.75, 3.05) is 41.5 Å². The van der Waals surface area contributed by atoms with Gasteiger partial charge >= 0.3 is 0 Å². The molecule has 4 unspecified atom stereocenters. The number of hydrogen-bond acceptors (Lipinski definition) is 8. The Morgan fingerprint density at radius 3 is 1.21 bits per heavy atom. The van der Waals surface area contributed by atoms with Crippen LogP contribution in [-0.4, -0.2) is 79.7 Å². The fourth-order valence-electron chi connectivity index (χ4n) is 11.6. The average Bonchev–Trinajstić information content (AvgIpc) is 3.94. The Morgan fingerprint density at radius 1 is 0.507 bits per heavy atom. The standard InChI is InChI=1S/C63H64N2O8/c1-70-49-29-21-43(22-30-49)39-62(68,57(47-25-33-51(72-3)34-26-47)55-19-11-15-45-13-5-7-17-53(45)55)41-65(60(67)61(59(64)66)37-9-10-38-61)42-63(69,40-44-23-31-50(71-2)32-24-44)58(48-27-35-52(73-4)36-28-48)56-20-12-16-46-14-6-8-18-54(46)56/h5-8,11-36,57-58,68-69H,9-10,37-42H2,1-4H3,(H2,64,66). The summed E-state index contributed by atoms with van der Waals surface area (Å²) in [5, 5.41) is 32.7. The quantitative estimate of drug-likeness (QED) is 0.0641. The fraction of sp³-hybridized carbons (Fsp3) is 0.270. The summed E-state index contributed by atoms with van der Waals surface area (Å²) < 4.78 is 22.5. The number of methoxy groups -OCH3 is 4. The molecule has 2 amide bonds. The van der Waals surface area contributed by atoms with Gasteiger partial charge in [-0.15, -0.1) is 0 Å². The molecule has 0 aromatic heterocycles. The molecule has 0 radical (unpaired) electrons. The molecule has 1 saturated carbocycles. The van der Waals surface area contributed by atoms with Crippen LogP contribution in [0.2, 0.25) is 0 Å². The third-order valence-corrected chi connectivity index (χ3v) is 15.1. The van der Waals surface area contributed by atoms with Crippen LogP contribution < -0.4 is 24.7 Å². The Balaban J connectivity index is 1.31. The molecule has 8 aromatic carbocycles. The van der Waals surface area contributed by atoms with Gasteiger partial charge in [0.05, 0.1) is 52.7 Å². The monoisotopic (exact) mass is 976 g/mol. The lowest BCUT2D eigenvalue weighted by Gasteiger charge is -2.47. The Morgan fingerprint density at radius 2 is 0.849 bits per heavy atom. The van der Waals surface area contributed by atoms with Crippen LogP contribution in [0.3, 0.4) is 0 Å². The van der Waals surface area contributed by atoms with Crippen molar-refractivity contribution in [3.63, 3.8) is 0 Å². The number of aliphatic hydroxyl groups is 2. The highest BCUT2D eigenvalue weighted by molar-refractivity contribution is 6.04. The summed E-state index contributed by atoms with van der Waals surface area (Å²) in [6.07, 6.45) is 1.80. The maximum absolute atomic E-state index is 16.3. The number of nitrogens with two attached hydrogens (primary N) is 1. The third kappa shape index (κ3) is 10.4. The van der Waals surface area contributed by atoms with Gasteiger partial charge in [0.15, 0.2) is 0 Å². The number of hydrogen-bond donors (Lipinski definition) is 3. The van der Waals surface area contributed by atoms with Crippen molar-refractivity contribution in [3.8, 4) is 23.0 Å². The maximum atomic E-state index is 16.3. The summed E-state index contributed by atoms with van der Waals surface area (Å²) in [6, 6.07) is 58.7. The number of carbonyl (C=O) groups excluding carboxylic acids is 2. The molecule has 10 nitrogen and oxygen atoms in total. The molecule has 0 aliphatic heterocycles. The molecule has 9 rings (SSSR count). The van der Waals surface area contributed by atoms with Crippen molar-refractivity contribution in [1.82, 2.24) is 4.90 Å². The average molecular weight is 977 g/mol. The fourth-order valence-corrected chi connectivity index (χ4v) is 11.6. The number of benzene rings is 8. The molecule has 0 heterocycles. The number of amides is 2. The van der Waals surface area contributed by atoms with E-state index in [1.165, 1.54) is 0 Å². The molecule has 0 saturated heterocycles. The maximum Gasteiger partial charge on any atom is 0.238 e. The van der Waals surface area contributed by atoms with Crippen LogP contribution in [0.5, 0.6) is 23.0 Å². The van der Waals surface area contributed by atoms with Gasteiger partial charge in [-0.25, -0.2) is 0 Å². The first-order valence-electron chi connectivity index (χ1n) is 24.9. The molecule has 1 fully saturated rings. The first-order valence-corrected chi connectivity index (χ1v) is 24.9. The predicted octanol–water partition coefficient (Wildman–Crippen LogP) is 10.8. The lowest BCUT2D eigenvalue weighted by molar-refractivity contribution is -0.156. The first-order chi connectivity index (χ1) is 35.4. The predicted molar refractivity (Wildman–Crippen MR) is 288 cm³/mol. The van der Waals surface area contributed by atoms with E-state index in [9.17, 15) is 15.0 Å². The van der Waals surface area contributed by atoms with E-state index in [4.69, 9.17) is 24.7 Å². The number of carbonyl (C=O) groups is 2. The van der Waals surface area contributed by atoms with Gasteiger partial charge in [-0.3, -0.25) is 9.59 Å². The second-order valence-electron chi connectivity index (χ2n) is 19.6. The molecule has 0 bridgehead atoms. The van der Waals surface area contributed by atoms with E-state index in [1.807, 2.05) is 170 Å². The Bertz CT molecular complexity index is 2970. The summed E-state index contributed by atoms with van der Waals surface area (Å²) in [5.41, 5.74) is 5.90. The molecular weight excluding hydrogens is 913 g/mol. The van der Waals surface area contributed by atoms with E-state index in [1.54, 1.807) is 33.3 Å². The molecule has 374 valence electrons. The zero-order valence-corrected chi connectivity index (χ0v) is 42.0. The Hall–Kier alpha value is -7.66. The molecule has 4 N–H and O–H groups in total. The van der Waals surface area contributed by atoms with E-state index < -0.39 is 40.3 Å². The molecule has 1 aliphatic carbocycles. The molecule has 10 heteroatoms. The highest BCUT2D eigenvalue weighted by atomic mass is 16.5. The summed E-state index contributed by atoms with van der Waals surface area (Å²) in [4.78, 5) is 31.9. The van der Waals surface area contributed by atoms with Crippen LogP contribution in [0.4, 0.5) is 0 Å². The lowest BCUT2D eigenvalue weighted by atomic mass is 9.70. The smallest absolute Gasteiger partial charge is 0.238 e.